The third-order valence-corrected chi connectivity index (χ3v) is 7.86. The number of hydrogen-bond donors (Lipinski definition) is 2. The molecule has 1 aromatic heterocycles. The second-order valence-corrected chi connectivity index (χ2v) is 10.8. The number of amides is 1. The lowest BCUT2D eigenvalue weighted by Gasteiger charge is -2.35. The number of fused-ring (bicyclic) bond motifs is 2. The molecule has 2 N–H and O–H groups in total. The third-order valence-electron chi connectivity index (χ3n) is 7.86. The van der Waals surface area contributed by atoms with Crippen molar-refractivity contribution < 1.29 is 37.3 Å². The van der Waals surface area contributed by atoms with Gasteiger partial charge in [0.05, 0.1) is 43.9 Å². The van der Waals surface area contributed by atoms with Crippen LogP contribution in [0.3, 0.4) is 0 Å². The monoisotopic (exact) mass is 579 g/mol. The molecule has 2 atom stereocenters. The third kappa shape index (κ3) is 7.50. The molecule has 0 radical (unpaired) electrons. The van der Waals surface area contributed by atoms with Gasteiger partial charge < -0.3 is 29.4 Å². The Hall–Kier alpha value is -3.32. The Morgan fingerprint density at radius 2 is 2.02 bits per heavy atom. The smallest absolute Gasteiger partial charge is 0.406 e. The number of rotatable bonds is 10. The number of aromatic nitrogens is 2. The molecule has 224 valence electrons. The largest absolute Gasteiger partial charge is 0.493 e. The number of benzene rings is 1. The van der Waals surface area contributed by atoms with Crippen molar-refractivity contribution in [2.24, 2.45) is 5.92 Å². The average molecular weight is 580 g/mol. The van der Waals surface area contributed by atoms with E-state index in [0.717, 1.165) is 36.1 Å². The van der Waals surface area contributed by atoms with E-state index in [1.54, 1.807) is 18.2 Å². The number of aliphatic carboxylic acids is 1. The number of anilines is 1. The van der Waals surface area contributed by atoms with Crippen molar-refractivity contribution in [3.05, 3.63) is 41.2 Å². The normalized spacial score (nSPS) is 21.5. The molecule has 3 aliphatic rings. The topological polar surface area (TPSA) is 109 Å². The molecule has 1 saturated heterocycles. The summed E-state index contributed by atoms with van der Waals surface area (Å²) in [5.74, 6) is -1.77. The zero-order valence-corrected chi connectivity index (χ0v) is 22.9. The number of nitrogens with zero attached hydrogens (tertiary/aromatic N) is 4. The number of alkyl halides is 3. The average Bonchev–Trinajstić information content (AvgIpc) is 3.31. The van der Waals surface area contributed by atoms with Crippen molar-refractivity contribution in [2.75, 3.05) is 57.9 Å². The molecule has 0 saturated carbocycles. The maximum absolute atomic E-state index is 13.8. The van der Waals surface area contributed by atoms with Crippen molar-refractivity contribution in [1.29, 1.82) is 0 Å². The summed E-state index contributed by atoms with van der Waals surface area (Å²) in [4.78, 5) is 32.6. The van der Waals surface area contributed by atoms with E-state index in [9.17, 15) is 27.9 Å². The van der Waals surface area contributed by atoms with Gasteiger partial charge in [-0.1, -0.05) is 6.07 Å². The van der Waals surface area contributed by atoms with E-state index < -0.39 is 43.0 Å². The molecule has 0 spiro atoms. The minimum atomic E-state index is -4.64. The van der Waals surface area contributed by atoms with Crippen molar-refractivity contribution in [1.82, 2.24) is 19.4 Å². The molecule has 5 rings (SSSR count). The van der Waals surface area contributed by atoms with Crippen molar-refractivity contribution >= 4 is 17.8 Å². The standard InChI is InChI=1S/C28H36F3N5O5/c29-28(30,31)18-36-24(4-8-34-9-12-40-13-10-34)23-16-22(3-2-19(23)14-20(26(36)39)15-25(37)38)41-11-5-21-17-35-7-1-6-32-27(35)33-21/h2-3,16-17,20,24H,1,4-15,18H2,(H,32,33)(H,37,38)/t20-,24?/m0/s1. The molecule has 13 heteroatoms. The first-order valence-electron chi connectivity index (χ1n) is 14.1. The molecular weight excluding hydrogens is 543 g/mol. The van der Waals surface area contributed by atoms with E-state index in [2.05, 4.69) is 19.8 Å². The van der Waals surface area contributed by atoms with E-state index in [1.807, 2.05) is 6.20 Å². The number of imidazole rings is 1. The zero-order valence-electron chi connectivity index (χ0n) is 22.9. The number of hydrogen-bond acceptors (Lipinski definition) is 7. The van der Waals surface area contributed by atoms with Crippen LogP contribution >= 0.6 is 0 Å². The molecule has 1 amide bonds. The van der Waals surface area contributed by atoms with Crippen LogP contribution in [0.1, 0.15) is 42.1 Å². The van der Waals surface area contributed by atoms with Crippen LogP contribution in [-0.4, -0.2) is 95.1 Å². The lowest BCUT2D eigenvalue weighted by Crippen LogP contribution is -2.45. The Morgan fingerprint density at radius 1 is 1.22 bits per heavy atom. The summed E-state index contributed by atoms with van der Waals surface area (Å²) >= 11 is 0. The second kappa shape index (κ2) is 12.7. The van der Waals surface area contributed by atoms with Crippen LogP contribution < -0.4 is 10.1 Å². The second-order valence-electron chi connectivity index (χ2n) is 10.8. The molecule has 1 unspecified atom stereocenters. The fourth-order valence-electron chi connectivity index (χ4n) is 5.89. The molecule has 41 heavy (non-hydrogen) atoms. The molecule has 4 heterocycles. The van der Waals surface area contributed by atoms with Gasteiger partial charge in [0, 0.05) is 45.3 Å². The van der Waals surface area contributed by atoms with Crippen LogP contribution in [0.2, 0.25) is 0 Å². The number of nitrogens with one attached hydrogen (secondary N) is 1. The Morgan fingerprint density at radius 3 is 2.76 bits per heavy atom. The fraction of sp³-hybridized carbons (Fsp3) is 0.607. The molecule has 10 nitrogen and oxygen atoms in total. The molecule has 1 fully saturated rings. The van der Waals surface area contributed by atoms with Crippen LogP contribution in [0, 0.1) is 5.92 Å². The Bertz CT molecular complexity index is 1210. The lowest BCUT2D eigenvalue weighted by atomic mass is 9.92. The van der Waals surface area contributed by atoms with E-state index in [-0.39, 0.29) is 12.8 Å². The summed E-state index contributed by atoms with van der Waals surface area (Å²) in [6.45, 7) is 3.54. The van der Waals surface area contributed by atoms with Crippen molar-refractivity contribution in [2.45, 2.75) is 50.9 Å². The summed E-state index contributed by atoms with van der Waals surface area (Å²) in [5.41, 5.74) is 2.12. The van der Waals surface area contributed by atoms with Gasteiger partial charge in [-0.05, 0) is 42.5 Å². The zero-order chi connectivity index (χ0) is 29.0. The van der Waals surface area contributed by atoms with E-state index in [4.69, 9.17) is 9.47 Å². The van der Waals surface area contributed by atoms with Crippen LogP contribution in [0.15, 0.2) is 24.4 Å². The first-order chi connectivity index (χ1) is 19.7. The number of aryl methyl sites for hydroxylation is 1. The number of carboxylic acid groups (broad SMARTS) is 1. The first-order valence-corrected chi connectivity index (χ1v) is 14.1. The Balaban J connectivity index is 1.39. The van der Waals surface area contributed by atoms with Crippen molar-refractivity contribution in [3.63, 3.8) is 0 Å². The Labute approximate surface area is 236 Å². The summed E-state index contributed by atoms with van der Waals surface area (Å²) < 4.78 is 54.9. The number of ether oxygens (including phenoxy) is 2. The number of carbonyl (C=O) groups is 2. The van der Waals surface area contributed by atoms with Gasteiger partial charge in [-0.15, -0.1) is 0 Å². The first kappa shape index (κ1) is 29.2. The summed E-state index contributed by atoms with van der Waals surface area (Å²) in [6.07, 6.45) is -1.28. The predicted molar refractivity (Wildman–Crippen MR) is 143 cm³/mol. The number of morpholine rings is 1. The van der Waals surface area contributed by atoms with E-state index in [0.29, 0.717) is 62.8 Å². The molecule has 1 aromatic carbocycles. The SMILES string of the molecule is O=C(O)C[C@@H]1Cc2ccc(OCCc3cn4c(n3)NCCC4)cc2C(CCN2CCOCC2)N(CC(F)(F)F)C1=O. The van der Waals surface area contributed by atoms with E-state index in [1.165, 1.54) is 0 Å². The van der Waals surface area contributed by atoms with Crippen LogP contribution in [0.4, 0.5) is 19.1 Å². The highest BCUT2D eigenvalue weighted by atomic mass is 19.4. The maximum Gasteiger partial charge on any atom is 0.406 e. The van der Waals surface area contributed by atoms with Crippen molar-refractivity contribution in [3.8, 4) is 5.75 Å². The summed E-state index contributed by atoms with van der Waals surface area (Å²) in [6, 6.07) is 4.33. The number of halogens is 3. The molecule has 0 bridgehead atoms. The molecule has 3 aliphatic heterocycles. The lowest BCUT2D eigenvalue weighted by molar-refractivity contribution is -0.169. The van der Waals surface area contributed by atoms with E-state index >= 15 is 0 Å². The fourth-order valence-corrected chi connectivity index (χ4v) is 5.89. The van der Waals surface area contributed by atoms with Gasteiger partial charge in [0.2, 0.25) is 11.9 Å². The predicted octanol–water partition coefficient (Wildman–Crippen LogP) is 3.12. The van der Waals surface area contributed by atoms with Gasteiger partial charge in [-0.25, -0.2) is 4.98 Å². The van der Waals surface area contributed by atoms with Crippen LogP contribution in [-0.2, 0) is 33.7 Å². The number of carbonyl (C=O) groups excluding carboxylic acids is 1. The molecule has 0 aliphatic carbocycles. The maximum atomic E-state index is 13.8. The highest BCUT2D eigenvalue weighted by Crippen LogP contribution is 2.39. The molecular formula is C28H36F3N5O5. The van der Waals surface area contributed by atoms with Gasteiger partial charge in [0.25, 0.3) is 0 Å². The van der Waals surface area contributed by atoms with Gasteiger partial charge in [0.15, 0.2) is 0 Å². The van der Waals surface area contributed by atoms with Gasteiger partial charge in [0.1, 0.15) is 12.3 Å². The van der Waals surface area contributed by atoms with Gasteiger partial charge >= 0.3 is 12.1 Å². The minimum Gasteiger partial charge on any atom is -0.493 e. The Kier molecular flexibility index (Phi) is 9.03. The summed E-state index contributed by atoms with van der Waals surface area (Å²) in [7, 11) is 0. The van der Waals surface area contributed by atoms with Gasteiger partial charge in [-0.3, -0.25) is 14.5 Å². The van der Waals surface area contributed by atoms with Crippen LogP contribution in [0.5, 0.6) is 5.75 Å². The van der Waals surface area contributed by atoms with Crippen LogP contribution in [0.25, 0.3) is 0 Å². The van der Waals surface area contributed by atoms with Gasteiger partial charge in [-0.2, -0.15) is 13.2 Å². The highest BCUT2D eigenvalue weighted by Gasteiger charge is 2.42. The number of carboxylic acids is 1. The summed E-state index contributed by atoms with van der Waals surface area (Å²) in [5, 5.41) is 12.7. The highest BCUT2D eigenvalue weighted by molar-refractivity contribution is 5.84. The quantitative estimate of drug-likeness (QED) is 0.442. The molecule has 2 aromatic rings. The minimum absolute atomic E-state index is 0.0520.